The summed E-state index contributed by atoms with van der Waals surface area (Å²) in [6.07, 6.45) is 4.46. The number of hydrogen-bond donors (Lipinski definition) is 1. The van der Waals surface area contributed by atoms with Crippen LogP contribution >= 0.6 is 0 Å². The molecule has 0 aromatic heterocycles. The fourth-order valence-electron chi connectivity index (χ4n) is 1.89. The molecule has 0 saturated carbocycles. The van der Waals surface area contributed by atoms with Crippen LogP contribution in [-0.4, -0.2) is 18.8 Å². The maximum atomic E-state index is 6.33. The molecule has 1 aliphatic heterocycles. The number of rotatable bonds is 2. The standard InChI is InChI=1S/C10H21NO/c1-3-9(2)10(11)5-4-7-12-8-6-10/h9H,3-8,11H2,1-2H3. The third kappa shape index (κ3) is 2.20. The summed E-state index contributed by atoms with van der Waals surface area (Å²) in [6.45, 7) is 6.21. The minimum Gasteiger partial charge on any atom is -0.381 e. The van der Waals surface area contributed by atoms with Gasteiger partial charge in [0.25, 0.3) is 0 Å². The van der Waals surface area contributed by atoms with Crippen LogP contribution in [0.5, 0.6) is 0 Å². The normalized spacial score (nSPS) is 34.2. The lowest BCUT2D eigenvalue weighted by Crippen LogP contribution is -2.46. The van der Waals surface area contributed by atoms with Crippen molar-refractivity contribution in [1.29, 1.82) is 0 Å². The third-order valence-corrected chi connectivity index (χ3v) is 3.24. The maximum absolute atomic E-state index is 6.33. The van der Waals surface area contributed by atoms with Gasteiger partial charge in [-0.2, -0.15) is 0 Å². The topological polar surface area (TPSA) is 35.2 Å². The van der Waals surface area contributed by atoms with E-state index in [9.17, 15) is 0 Å². The quantitative estimate of drug-likeness (QED) is 0.689. The van der Waals surface area contributed by atoms with Crippen LogP contribution in [0, 0.1) is 5.92 Å². The van der Waals surface area contributed by atoms with Crippen molar-refractivity contribution in [3.05, 3.63) is 0 Å². The van der Waals surface area contributed by atoms with Crippen LogP contribution in [0.4, 0.5) is 0 Å². The highest BCUT2D eigenvalue weighted by atomic mass is 16.5. The zero-order valence-electron chi connectivity index (χ0n) is 8.31. The Morgan fingerprint density at radius 3 is 2.83 bits per heavy atom. The summed E-state index contributed by atoms with van der Waals surface area (Å²) in [5.74, 6) is 0.624. The third-order valence-electron chi connectivity index (χ3n) is 3.24. The molecule has 0 spiro atoms. The van der Waals surface area contributed by atoms with Gasteiger partial charge < -0.3 is 10.5 Å². The molecule has 0 radical (unpaired) electrons. The van der Waals surface area contributed by atoms with Gasteiger partial charge in [0.05, 0.1) is 0 Å². The molecular formula is C10H21NO. The van der Waals surface area contributed by atoms with Crippen LogP contribution in [0.2, 0.25) is 0 Å². The number of nitrogens with two attached hydrogens (primary N) is 1. The van der Waals surface area contributed by atoms with Gasteiger partial charge in [-0.1, -0.05) is 20.3 Å². The first-order valence-corrected chi connectivity index (χ1v) is 5.05. The molecule has 1 heterocycles. The Bertz CT molecular complexity index is 128. The van der Waals surface area contributed by atoms with E-state index >= 15 is 0 Å². The Morgan fingerprint density at radius 2 is 2.17 bits per heavy atom. The van der Waals surface area contributed by atoms with Gasteiger partial charge >= 0.3 is 0 Å². The van der Waals surface area contributed by atoms with Crippen LogP contribution in [0.3, 0.4) is 0 Å². The molecule has 0 aromatic rings. The van der Waals surface area contributed by atoms with Crippen molar-refractivity contribution in [2.45, 2.75) is 45.1 Å². The van der Waals surface area contributed by atoms with Gasteiger partial charge in [-0.3, -0.25) is 0 Å². The zero-order chi connectivity index (χ0) is 9.03. The molecule has 0 aromatic carbocycles. The summed E-state index contributed by atoms with van der Waals surface area (Å²) < 4.78 is 5.40. The van der Waals surface area contributed by atoms with Gasteiger partial charge in [0.15, 0.2) is 0 Å². The summed E-state index contributed by atoms with van der Waals surface area (Å²) in [7, 11) is 0. The first-order valence-electron chi connectivity index (χ1n) is 5.05. The molecule has 2 nitrogen and oxygen atoms in total. The van der Waals surface area contributed by atoms with Gasteiger partial charge in [0, 0.05) is 18.8 Å². The van der Waals surface area contributed by atoms with E-state index in [1.807, 2.05) is 0 Å². The Balaban J connectivity index is 2.53. The predicted molar refractivity (Wildman–Crippen MR) is 51.0 cm³/mol. The Kier molecular flexibility index (Phi) is 3.53. The maximum Gasteiger partial charge on any atom is 0.0483 e. The van der Waals surface area contributed by atoms with E-state index in [2.05, 4.69) is 13.8 Å². The Hall–Kier alpha value is -0.0800. The Labute approximate surface area is 75.5 Å². The lowest BCUT2D eigenvalue weighted by Gasteiger charge is -2.33. The summed E-state index contributed by atoms with van der Waals surface area (Å²) in [4.78, 5) is 0. The highest BCUT2D eigenvalue weighted by Gasteiger charge is 2.31. The minimum atomic E-state index is 0.0469. The van der Waals surface area contributed by atoms with Gasteiger partial charge in [-0.25, -0.2) is 0 Å². The molecule has 0 aliphatic carbocycles. The lowest BCUT2D eigenvalue weighted by atomic mass is 9.79. The smallest absolute Gasteiger partial charge is 0.0483 e. The molecule has 2 unspecified atom stereocenters. The monoisotopic (exact) mass is 171 g/mol. The molecule has 72 valence electrons. The van der Waals surface area contributed by atoms with Crippen LogP contribution < -0.4 is 5.73 Å². The van der Waals surface area contributed by atoms with Crippen LogP contribution in [0.15, 0.2) is 0 Å². The summed E-state index contributed by atoms with van der Waals surface area (Å²) in [5, 5.41) is 0. The second kappa shape index (κ2) is 4.24. The molecule has 1 fully saturated rings. The van der Waals surface area contributed by atoms with E-state index in [1.165, 1.54) is 6.42 Å². The molecule has 2 atom stereocenters. The van der Waals surface area contributed by atoms with Gasteiger partial charge in [-0.15, -0.1) is 0 Å². The highest BCUT2D eigenvalue weighted by Crippen LogP contribution is 2.28. The van der Waals surface area contributed by atoms with Crippen LogP contribution in [-0.2, 0) is 4.74 Å². The minimum absolute atomic E-state index is 0.0469. The first-order chi connectivity index (χ1) is 5.69. The van der Waals surface area contributed by atoms with E-state index in [-0.39, 0.29) is 5.54 Å². The van der Waals surface area contributed by atoms with Crippen molar-refractivity contribution in [2.24, 2.45) is 11.7 Å². The number of hydrogen-bond acceptors (Lipinski definition) is 2. The molecule has 0 bridgehead atoms. The molecule has 0 amide bonds. The molecule has 12 heavy (non-hydrogen) atoms. The molecular weight excluding hydrogens is 150 g/mol. The first kappa shape index (κ1) is 10.0. The molecule has 1 rings (SSSR count). The highest BCUT2D eigenvalue weighted by molar-refractivity contribution is 4.89. The second-order valence-electron chi connectivity index (χ2n) is 4.01. The average molecular weight is 171 g/mol. The van der Waals surface area contributed by atoms with Crippen LogP contribution in [0.1, 0.15) is 39.5 Å². The molecule has 1 saturated heterocycles. The van der Waals surface area contributed by atoms with Crippen LogP contribution in [0.25, 0.3) is 0 Å². The van der Waals surface area contributed by atoms with E-state index in [1.54, 1.807) is 0 Å². The summed E-state index contributed by atoms with van der Waals surface area (Å²) in [5.41, 5.74) is 6.38. The average Bonchev–Trinajstić information content (AvgIpc) is 2.29. The Morgan fingerprint density at radius 1 is 1.42 bits per heavy atom. The van der Waals surface area contributed by atoms with Gasteiger partial charge in [0.1, 0.15) is 0 Å². The second-order valence-corrected chi connectivity index (χ2v) is 4.01. The van der Waals surface area contributed by atoms with Crippen molar-refractivity contribution in [3.63, 3.8) is 0 Å². The molecule has 2 N–H and O–H groups in total. The van der Waals surface area contributed by atoms with E-state index < -0.39 is 0 Å². The van der Waals surface area contributed by atoms with Crippen molar-refractivity contribution in [2.75, 3.05) is 13.2 Å². The van der Waals surface area contributed by atoms with Crippen molar-refractivity contribution < 1.29 is 4.74 Å². The lowest BCUT2D eigenvalue weighted by molar-refractivity contribution is 0.134. The molecule has 2 heteroatoms. The van der Waals surface area contributed by atoms with Crippen molar-refractivity contribution >= 4 is 0 Å². The van der Waals surface area contributed by atoms with E-state index in [0.29, 0.717) is 5.92 Å². The van der Waals surface area contributed by atoms with Gasteiger partial charge in [-0.05, 0) is 25.2 Å². The SMILES string of the molecule is CCC(C)C1(N)CCCOCC1. The fourth-order valence-corrected chi connectivity index (χ4v) is 1.89. The largest absolute Gasteiger partial charge is 0.381 e. The molecule has 1 aliphatic rings. The van der Waals surface area contributed by atoms with E-state index in [4.69, 9.17) is 10.5 Å². The summed E-state index contributed by atoms with van der Waals surface area (Å²) in [6, 6.07) is 0. The van der Waals surface area contributed by atoms with Crippen molar-refractivity contribution in [1.82, 2.24) is 0 Å². The van der Waals surface area contributed by atoms with E-state index in [0.717, 1.165) is 32.5 Å². The predicted octanol–water partition coefficient (Wildman–Crippen LogP) is 1.93. The fraction of sp³-hybridized carbons (Fsp3) is 1.00. The summed E-state index contributed by atoms with van der Waals surface area (Å²) >= 11 is 0. The van der Waals surface area contributed by atoms with Crippen molar-refractivity contribution in [3.8, 4) is 0 Å². The number of ether oxygens (including phenoxy) is 1. The van der Waals surface area contributed by atoms with Gasteiger partial charge in [0.2, 0.25) is 0 Å². The zero-order valence-corrected chi connectivity index (χ0v) is 8.31.